The molecule has 0 unspecified atom stereocenters. The maximum Gasteiger partial charge on any atom is 0.257 e. The van der Waals surface area contributed by atoms with E-state index < -0.39 is 0 Å². The maximum absolute atomic E-state index is 12.4. The smallest absolute Gasteiger partial charge is 0.257 e. The number of amides is 1. The first-order valence-corrected chi connectivity index (χ1v) is 7.25. The average Bonchev–Trinajstić information content (AvgIpc) is 2.47. The molecule has 2 aromatic rings. The van der Waals surface area contributed by atoms with Crippen molar-refractivity contribution in [2.75, 3.05) is 17.2 Å². The van der Waals surface area contributed by atoms with Crippen LogP contribution in [0.4, 0.5) is 11.4 Å². The highest BCUT2D eigenvalue weighted by molar-refractivity contribution is 9.10. The Morgan fingerprint density at radius 3 is 2.80 bits per heavy atom. The summed E-state index contributed by atoms with van der Waals surface area (Å²) in [6, 6.07) is 9.23. The number of hydrogen-bond donors (Lipinski definition) is 2. The summed E-state index contributed by atoms with van der Waals surface area (Å²) < 4.78 is 0.852. The van der Waals surface area contributed by atoms with Crippen LogP contribution in [0.1, 0.15) is 23.7 Å². The third kappa shape index (κ3) is 3.57. The van der Waals surface area contributed by atoms with E-state index in [1.807, 2.05) is 24.3 Å². The zero-order valence-corrected chi connectivity index (χ0v) is 12.8. The van der Waals surface area contributed by atoms with Crippen LogP contribution in [0.3, 0.4) is 0 Å². The molecular formula is C15H16BrN3O. The van der Waals surface area contributed by atoms with Crippen LogP contribution >= 0.6 is 15.9 Å². The van der Waals surface area contributed by atoms with Gasteiger partial charge in [0.15, 0.2) is 0 Å². The SMILES string of the molecule is CCCNc1cnccc1C(=O)Nc1ccccc1Br. The van der Waals surface area contributed by atoms with Gasteiger partial charge in [-0.1, -0.05) is 19.1 Å². The zero-order chi connectivity index (χ0) is 14.4. The van der Waals surface area contributed by atoms with Crippen LogP contribution in [-0.2, 0) is 0 Å². The third-order valence-corrected chi connectivity index (χ3v) is 3.44. The van der Waals surface area contributed by atoms with Gasteiger partial charge in [-0.25, -0.2) is 0 Å². The van der Waals surface area contributed by atoms with Gasteiger partial charge in [0.25, 0.3) is 5.91 Å². The molecular weight excluding hydrogens is 318 g/mol. The molecule has 0 aliphatic rings. The Morgan fingerprint density at radius 2 is 2.05 bits per heavy atom. The van der Waals surface area contributed by atoms with E-state index in [2.05, 4.69) is 38.5 Å². The van der Waals surface area contributed by atoms with Crippen molar-refractivity contribution in [2.45, 2.75) is 13.3 Å². The number of pyridine rings is 1. The van der Waals surface area contributed by atoms with Gasteiger partial charge in [0.05, 0.1) is 23.1 Å². The van der Waals surface area contributed by atoms with Crippen molar-refractivity contribution in [2.24, 2.45) is 0 Å². The topological polar surface area (TPSA) is 54.0 Å². The molecule has 0 radical (unpaired) electrons. The van der Waals surface area contributed by atoms with E-state index in [1.54, 1.807) is 18.5 Å². The van der Waals surface area contributed by atoms with Crippen molar-refractivity contribution < 1.29 is 4.79 Å². The molecule has 0 spiro atoms. The van der Waals surface area contributed by atoms with E-state index in [4.69, 9.17) is 0 Å². The van der Waals surface area contributed by atoms with E-state index in [0.29, 0.717) is 5.56 Å². The second-order valence-corrected chi connectivity index (χ2v) is 5.14. The highest BCUT2D eigenvalue weighted by Gasteiger charge is 2.12. The molecule has 4 nitrogen and oxygen atoms in total. The lowest BCUT2D eigenvalue weighted by Crippen LogP contribution is -2.15. The number of halogens is 1. The highest BCUT2D eigenvalue weighted by Crippen LogP contribution is 2.23. The molecule has 2 rings (SSSR count). The fraction of sp³-hybridized carbons (Fsp3) is 0.200. The van der Waals surface area contributed by atoms with Crippen molar-refractivity contribution >= 4 is 33.2 Å². The predicted molar refractivity (Wildman–Crippen MR) is 85.1 cm³/mol. The molecule has 0 saturated heterocycles. The molecule has 1 aromatic carbocycles. The Bertz CT molecular complexity index is 601. The van der Waals surface area contributed by atoms with Crippen LogP contribution < -0.4 is 10.6 Å². The fourth-order valence-corrected chi connectivity index (χ4v) is 2.13. The summed E-state index contributed by atoms with van der Waals surface area (Å²) in [6.07, 6.45) is 4.27. The number of nitrogens with zero attached hydrogens (tertiary/aromatic N) is 1. The predicted octanol–water partition coefficient (Wildman–Crippen LogP) is 3.92. The van der Waals surface area contributed by atoms with Gasteiger partial charge < -0.3 is 10.6 Å². The number of nitrogens with one attached hydrogen (secondary N) is 2. The van der Waals surface area contributed by atoms with Crippen LogP contribution in [0.15, 0.2) is 47.2 Å². The van der Waals surface area contributed by atoms with Crippen molar-refractivity contribution in [3.05, 3.63) is 52.8 Å². The number of carbonyl (C=O) groups excluding carboxylic acids is 1. The van der Waals surface area contributed by atoms with E-state index in [1.165, 1.54) is 0 Å². The molecule has 1 heterocycles. The summed E-state index contributed by atoms with van der Waals surface area (Å²) >= 11 is 3.42. The summed E-state index contributed by atoms with van der Waals surface area (Å²) in [6.45, 7) is 2.88. The van der Waals surface area contributed by atoms with Gasteiger partial charge in [0.1, 0.15) is 0 Å². The monoisotopic (exact) mass is 333 g/mol. The largest absolute Gasteiger partial charge is 0.383 e. The molecule has 2 N–H and O–H groups in total. The first-order valence-electron chi connectivity index (χ1n) is 6.46. The Kier molecular flexibility index (Phi) is 5.12. The lowest BCUT2D eigenvalue weighted by atomic mass is 10.2. The number of hydrogen-bond acceptors (Lipinski definition) is 3. The van der Waals surface area contributed by atoms with Gasteiger partial charge in [0, 0.05) is 17.2 Å². The fourth-order valence-electron chi connectivity index (χ4n) is 1.75. The molecule has 0 bridgehead atoms. The number of para-hydroxylation sites is 1. The zero-order valence-electron chi connectivity index (χ0n) is 11.2. The van der Waals surface area contributed by atoms with Gasteiger partial charge in [-0.3, -0.25) is 9.78 Å². The molecule has 0 saturated carbocycles. The van der Waals surface area contributed by atoms with Gasteiger partial charge >= 0.3 is 0 Å². The summed E-state index contributed by atoms with van der Waals surface area (Å²) in [5.41, 5.74) is 2.08. The van der Waals surface area contributed by atoms with E-state index in [9.17, 15) is 4.79 Å². The van der Waals surface area contributed by atoms with Gasteiger partial charge in [-0.2, -0.15) is 0 Å². The van der Waals surface area contributed by atoms with Gasteiger partial charge in [-0.05, 0) is 40.5 Å². The number of rotatable bonds is 5. The summed E-state index contributed by atoms with van der Waals surface area (Å²) in [4.78, 5) is 16.4. The minimum atomic E-state index is -0.155. The Morgan fingerprint density at radius 1 is 1.25 bits per heavy atom. The standard InChI is InChI=1S/C15H16BrN3O/c1-2-8-18-14-10-17-9-7-11(14)15(20)19-13-6-4-3-5-12(13)16/h3-7,9-10,18H,2,8H2,1H3,(H,19,20). The minimum Gasteiger partial charge on any atom is -0.383 e. The molecule has 1 aromatic heterocycles. The maximum atomic E-state index is 12.4. The Balaban J connectivity index is 2.19. The van der Waals surface area contributed by atoms with Crippen LogP contribution in [0.25, 0.3) is 0 Å². The van der Waals surface area contributed by atoms with Crippen LogP contribution in [-0.4, -0.2) is 17.4 Å². The molecule has 0 atom stereocenters. The average molecular weight is 334 g/mol. The molecule has 0 aliphatic carbocycles. The van der Waals surface area contributed by atoms with Gasteiger partial charge in [-0.15, -0.1) is 0 Å². The summed E-state index contributed by atoms with van der Waals surface area (Å²) in [5.74, 6) is -0.155. The van der Waals surface area contributed by atoms with Crippen molar-refractivity contribution in [3.8, 4) is 0 Å². The third-order valence-electron chi connectivity index (χ3n) is 2.75. The molecule has 20 heavy (non-hydrogen) atoms. The number of anilines is 2. The molecule has 0 aliphatic heterocycles. The highest BCUT2D eigenvalue weighted by atomic mass is 79.9. The lowest BCUT2D eigenvalue weighted by molar-refractivity contribution is 0.102. The van der Waals surface area contributed by atoms with E-state index in [0.717, 1.165) is 28.8 Å². The van der Waals surface area contributed by atoms with E-state index >= 15 is 0 Å². The number of benzene rings is 1. The second-order valence-electron chi connectivity index (χ2n) is 4.28. The van der Waals surface area contributed by atoms with Crippen molar-refractivity contribution in [1.29, 1.82) is 0 Å². The molecule has 1 amide bonds. The van der Waals surface area contributed by atoms with Crippen LogP contribution in [0.2, 0.25) is 0 Å². The lowest BCUT2D eigenvalue weighted by Gasteiger charge is -2.11. The van der Waals surface area contributed by atoms with Crippen LogP contribution in [0.5, 0.6) is 0 Å². The van der Waals surface area contributed by atoms with Crippen molar-refractivity contribution in [3.63, 3.8) is 0 Å². The van der Waals surface area contributed by atoms with Crippen LogP contribution in [0, 0.1) is 0 Å². The normalized spacial score (nSPS) is 10.1. The van der Waals surface area contributed by atoms with Gasteiger partial charge in [0.2, 0.25) is 0 Å². The summed E-state index contributed by atoms with van der Waals surface area (Å²) in [5, 5.41) is 6.10. The number of aromatic nitrogens is 1. The quantitative estimate of drug-likeness (QED) is 0.871. The van der Waals surface area contributed by atoms with E-state index in [-0.39, 0.29) is 5.91 Å². The summed E-state index contributed by atoms with van der Waals surface area (Å²) in [7, 11) is 0. The Labute approximate surface area is 126 Å². The molecule has 0 fully saturated rings. The Hall–Kier alpha value is -1.88. The second kappa shape index (κ2) is 7.05. The first kappa shape index (κ1) is 14.5. The first-order chi connectivity index (χ1) is 9.72. The molecule has 104 valence electrons. The van der Waals surface area contributed by atoms with Crippen molar-refractivity contribution in [1.82, 2.24) is 4.98 Å². The minimum absolute atomic E-state index is 0.155. The molecule has 5 heteroatoms. The number of carbonyl (C=O) groups is 1.